The maximum atomic E-state index is 12.9. The summed E-state index contributed by atoms with van der Waals surface area (Å²) in [7, 11) is 0. The predicted molar refractivity (Wildman–Crippen MR) is 121 cm³/mol. The first kappa shape index (κ1) is 23.5. The molecule has 1 aliphatic carbocycles. The molecule has 0 aromatic heterocycles. The summed E-state index contributed by atoms with van der Waals surface area (Å²) in [6.07, 6.45) is 5.29. The fourth-order valence-electron chi connectivity index (χ4n) is 3.50. The van der Waals surface area contributed by atoms with Gasteiger partial charge in [-0.3, -0.25) is 9.59 Å². The van der Waals surface area contributed by atoms with Gasteiger partial charge in [-0.25, -0.2) is 9.18 Å². The lowest BCUT2D eigenvalue weighted by Crippen LogP contribution is -2.39. The zero-order chi connectivity index (χ0) is 22.9. The lowest BCUT2D eigenvalue weighted by atomic mass is 9.95. The number of hydrogen-bond acceptors (Lipinski definition) is 3. The highest BCUT2D eigenvalue weighted by Gasteiger charge is 2.19. The van der Waals surface area contributed by atoms with Crippen LogP contribution in [0.25, 0.3) is 0 Å². The Morgan fingerprint density at radius 2 is 1.69 bits per heavy atom. The van der Waals surface area contributed by atoms with Crippen LogP contribution in [-0.4, -0.2) is 30.4 Å². The van der Waals surface area contributed by atoms with Crippen molar-refractivity contribution >= 4 is 35.1 Å². The fraction of sp³-hybridized carbons (Fsp3) is 0.348. The molecule has 9 heteroatoms. The SMILES string of the molecule is O=C(CNC(=O)NCc1ccc(F)cc1)Nc1ccc(Cl)c(C(=O)NC2CCCCC2)c1. The van der Waals surface area contributed by atoms with Crippen molar-refractivity contribution < 1.29 is 18.8 Å². The first-order chi connectivity index (χ1) is 15.4. The molecular formula is C23H26ClFN4O3. The van der Waals surface area contributed by atoms with Gasteiger partial charge in [0.2, 0.25) is 5.91 Å². The van der Waals surface area contributed by atoms with Crippen molar-refractivity contribution in [2.24, 2.45) is 0 Å². The minimum atomic E-state index is -0.534. The molecule has 1 fully saturated rings. The van der Waals surface area contributed by atoms with Crippen molar-refractivity contribution in [1.82, 2.24) is 16.0 Å². The van der Waals surface area contributed by atoms with Crippen molar-refractivity contribution in [2.45, 2.75) is 44.7 Å². The summed E-state index contributed by atoms with van der Waals surface area (Å²) in [4.78, 5) is 36.7. The zero-order valence-corrected chi connectivity index (χ0v) is 18.3. The summed E-state index contributed by atoms with van der Waals surface area (Å²) in [5.74, 6) is -1.08. The molecular weight excluding hydrogens is 435 g/mol. The molecule has 7 nitrogen and oxygen atoms in total. The Kier molecular flexibility index (Phi) is 8.44. The third kappa shape index (κ3) is 7.23. The highest BCUT2D eigenvalue weighted by Crippen LogP contribution is 2.22. The van der Waals surface area contributed by atoms with Crippen LogP contribution in [0.3, 0.4) is 0 Å². The molecule has 4 N–H and O–H groups in total. The molecule has 0 aliphatic heterocycles. The number of rotatable bonds is 7. The van der Waals surface area contributed by atoms with Gasteiger partial charge in [-0.15, -0.1) is 0 Å². The number of anilines is 1. The predicted octanol–water partition coefficient (Wildman–Crippen LogP) is 3.98. The number of nitrogens with one attached hydrogen (secondary N) is 4. The Morgan fingerprint density at radius 1 is 0.969 bits per heavy atom. The van der Waals surface area contributed by atoms with E-state index >= 15 is 0 Å². The van der Waals surface area contributed by atoms with Crippen molar-refractivity contribution in [3.8, 4) is 0 Å². The van der Waals surface area contributed by atoms with Crippen LogP contribution in [0.5, 0.6) is 0 Å². The number of urea groups is 1. The van der Waals surface area contributed by atoms with Gasteiger partial charge in [0, 0.05) is 18.3 Å². The van der Waals surface area contributed by atoms with E-state index < -0.39 is 11.9 Å². The van der Waals surface area contributed by atoms with Crippen molar-refractivity contribution in [3.63, 3.8) is 0 Å². The number of amides is 4. The molecule has 2 aromatic rings. The zero-order valence-electron chi connectivity index (χ0n) is 17.5. The van der Waals surface area contributed by atoms with Gasteiger partial charge in [-0.2, -0.15) is 0 Å². The average Bonchev–Trinajstić information content (AvgIpc) is 2.79. The second kappa shape index (κ2) is 11.5. The van der Waals surface area contributed by atoms with Crippen molar-refractivity contribution in [3.05, 3.63) is 64.4 Å². The molecule has 0 spiro atoms. The number of carbonyl (C=O) groups is 3. The number of halogens is 2. The molecule has 0 atom stereocenters. The smallest absolute Gasteiger partial charge is 0.315 e. The maximum absolute atomic E-state index is 12.9. The van der Waals surface area contributed by atoms with Gasteiger partial charge in [-0.1, -0.05) is 43.0 Å². The van der Waals surface area contributed by atoms with Crippen molar-refractivity contribution in [2.75, 3.05) is 11.9 Å². The van der Waals surface area contributed by atoms with Crippen LogP contribution in [0.15, 0.2) is 42.5 Å². The minimum absolute atomic E-state index is 0.142. The number of hydrogen-bond donors (Lipinski definition) is 4. The quantitative estimate of drug-likeness (QED) is 0.503. The molecule has 1 aliphatic rings. The number of carbonyl (C=O) groups excluding carboxylic acids is 3. The van der Waals surface area contributed by atoms with E-state index in [2.05, 4.69) is 21.3 Å². The van der Waals surface area contributed by atoms with Crippen LogP contribution in [0.2, 0.25) is 5.02 Å². The lowest BCUT2D eigenvalue weighted by molar-refractivity contribution is -0.115. The van der Waals surface area contributed by atoms with Crippen molar-refractivity contribution in [1.29, 1.82) is 0 Å². The van der Waals surface area contributed by atoms with E-state index in [0.717, 1.165) is 31.2 Å². The molecule has 0 saturated heterocycles. The normalized spacial score (nSPS) is 13.8. The summed E-state index contributed by atoms with van der Waals surface area (Å²) in [6.45, 7) is -0.0636. The van der Waals surface area contributed by atoms with Gasteiger partial charge in [0.05, 0.1) is 17.1 Å². The monoisotopic (exact) mass is 460 g/mol. The molecule has 170 valence electrons. The standard InChI is InChI=1S/C23H26ClFN4O3/c24-20-11-10-18(12-19(20)22(31)29-17-4-2-1-3-5-17)28-21(30)14-27-23(32)26-13-15-6-8-16(25)9-7-15/h6-12,17H,1-5,13-14H2,(H,28,30)(H,29,31)(H2,26,27,32). The minimum Gasteiger partial charge on any atom is -0.349 e. The van der Waals surface area contributed by atoms with E-state index in [1.165, 1.54) is 24.6 Å². The van der Waals surface area contributed by atoms with E-state index in [4.69, 9.17) is 11.6 Å². The van der Waals surface area contributed by atoms with E-state index in [1.807, 2.05) is 0 Å². The molecule has 0 unspecified atom stereocenters. The second-order valence-electron chi connectivity index (χ2n) is 7.71. The topological polar surface area (TPSA) is 99.3 Å². The van der Waals surface area contributed by atoms with Crippen LogP contribution < -0.4 is 21.3 Å². The van der Waals surface area contributed by atoms with Crippen LogP contribution in [0.1, 0.15) is 48.0 Å². The van der Waals surface area contributed by atoms with Gasteiger partial charge < -0.3 is 21.3 Å². The molecule has 2 aromatic carbocycles. The largest absolute Gasteiger partial charge is 0.349 e. The van der Waals surface area contributed by atoms with Crippen LogP contribution in [0.4, 0.5) is 14.9 Å². The van der Waals surface area contributed by atoms with Crippen LogP contribution in [-0.2, 0) is 11.3 Å². The Hall–Kier alpha value is -3.13. The summed E-state index contributed by atoms with van der Waals surface area (Å²) in [6, 6.07) is 10.00. The van der Waals surface area contributed by atoms with Gasteiger partial charge in [0.25, 0.3) is 5.91 Å². The molecule has 0 bridgehead atoms. The molecule has 32 heavy (non-hydrogen) atoms. The molecule has 4 amide bonds. The summed E-state index contributed by atoms with van der Waals surface area (Å²) < 4.78 is 12.9. The van der Waals surface area contributed by atoms with Crippen LogP contribution >= 0.6 is 11.6 Å². The highest BCUT2D eigenvalue weighted by molar-refractivity contribution is 6.34. The third-order valence-corrected chi connectivity index (χ3v) is 5.54. The Balaban J connectivity index is 1.46. The first-order valence-electron chi connectivity index (χ1n) is 10.6. The van der Waals surface area contributed by atoms with E-state index in [9.17, 15) is 18.8 Å². The highest BCUT2D eigenvalue weighted by atomic mass is 35.5. The number of benzene rings is 2. The first-order valence-corrected chi connectivity index (χ1v) is 10.9. The van der Waals surface area contributed by atoms with Gasteiger partial charge in [0.15, 0.2) is 0 Å². The van der Waals surface area contributed by atoms with Gasteiger partial charge in [-0.05, 0) is 48.7 Å². The third-order valence-electron chi connectivity index (χ3n) is 5.21. The summed E-state index contributed by atoms with van der Waals surface area (Å²) in [5, 5.41) is 11.0. The Morgan fingerprint density at radius 3 is 2.41 bits per heavy atom. The maximum Gasteiger partial charge on any atom is 0.315 e. The average molecular weight is 461 g/mol. The lowest BCUT2D eigenvalue weighted by Gasteiger charge is -2.23. The van der Waals surface area contributed by atoms with Crippen LogP contribution in [0, 0.1) is 5.82 Å². The van der Waals surface area contributed by atoms with E-state index in [0.29, 0.717) is 16.3 Å². The van der Waals surface area contributed by atoms with E-state index in [1.54, 1.807) is 24.3 Å². The molecule has 1 saturated carbocycles. The molecule has 0 heterocycles. The van der Waals surface area contributed by atoms with Gasteiger partial charge in [0.1, 0.15) is 5.82 Å². The Labute approximate surface area is 191 Å². The van der Waals surface area contributed by atoms with Gasteiger partial charge >= 0.3 is 6.03 Å². The molecule has 0 radical (unpaired) electrons. The second-order valence-corrected chi connectivity index (χ2v) is 8.12. The summed E-state index contributed by atoms with van der Waals surface area (Å²) >= 11 is 6.18. The summed E-state index contributed by atoms with van der Waals surface area (Å²) in [5.41, 5.74) is 1.42. The fourth-order valence-corrected chi connectivity index (χ4v) is 3.70. The van der Waals surface area contributed by atoms with E-state index in [-0.39, 0.29) is 30.9 Å². The Bertz CT molecular complexity index is 962. The molecule has 3 rings (SSSR count).